The number of carbonyl (C=O) groups is 1. The average Bonchev–Trinajstić information content (AvgIpc) is 3.06. The van der Waals surface area contributed by atoms with Gasteiger partial charge in [-0.25, -0.2) is 23.7 Å². The van der Waals surface area contributed by atoms with Crippen molar-refractivity contribution in [2.45, 2.75) is 0 Å². The highest BCUT2D eigenvalue weighted by Gasteiger charge is 2.16. The fourth-order valence-corrected chi connectivity index (χ4v) is 2.76. The predicted molar refractivity (Wildman–Crippen MR) is 90.9 cm³/mol. The van der Waals surface area contributed by atoms with Crippen molar-refractivity contribution in [3.8, 4) is 11.3 Å². The van der Waals surface area contributed by atoms with E-state index in [1.54, 1.807) is 12.4 Å². The normalized spacial score (nSPS) is 14.6. The first kappa shape index (κ1) is 16.2. The molecule has 0 unspecified atom stereocenters. The smallest absolute Gasteiger partial charge is 0.409 e. The number of carboxylic acid groups (broad SMARTS) is 1. The zero-order valence-electron chi connectivity index (χ0n) is 13.6. The predicted octanol–water partition coefficient (Wildman–Crippen LogP) is 1.86. The fraction of sp³-hybridized carbons (Fsp3) is 0.250. The van der Waals surface area contributed by atoms with Crippen LogP contribution in [-0.4, -0.2) is 57.1 Å². The Morgan fingerprint density at radius 3 is 2.88 bits per heavy atom. The molecule has 10 heteroatoms. The second kappa shape index (κ2) is 6.56. The van der Waals surface area contributed by atoms with Crippen molar-refractivity contribution in [3.05, 3.63) is 36.4 Å². The first-order valence-corrected chi connectivity index (χ1v) is 7.95. The fourth-order valence-electron chi connectivity index (χ4n) is 2.76. The summed E-state index contributed by atoms with van der Waals surface area (Å²) < 4.78 is 21.0. The molecule has 134 valence electrons. The van der Waals surface area contributed by atoms with E-state index in [1.807, 2.05) is 4.90 Å². The molecule has 0 atom stereocenters. The van der Waals surface area contributed by atoms with Crippen LogP contribution in [0.3, 0.4) is 0 Å². The van der Waals surface area contributed by atoms with Crippen molar-refractivity contribution in [1.29, 1.82) is 0 Å². The number of nitrogens with one attached hydrogen (secondary N) is 1. The first-order chi connectivity index (χ1) is 12.6. The molecule has 3 heterocycles. The molecule has 1 aromatic carbocycles. The molecule has 0 saturated carbocycles. The third kappa shape index (κ3) is 3.14. The molecule has 2 aromatic heterocycles. The molecule has 1 aliphatic rings. The third-order valence-electron chi connectivity index (χ3n) is 4.00. The minimum atomic E-state index is -1.23. The maximum atomic E-state index is 14.2. The van der Waals surface area contributed by atoms with Crippen molar-refractivity contribution in [2.75, 3.05) is 36.5 Å². The van der Waals surface area contributed by atoms with Gasteiger partial charge in [0.1, 0.15) is 5.82 Å². The molecule has 1 saturated heterocycles. The largest absolute Gasteiger partial charge is 0.465 e. The number of ether oxygens (including phenoxy) is 1. The number of halogens is 1. The summed E-state index contributed by atoms with van der Waals surface area (Å²) in [5.41, 5.74) is 0.730. The number of hydrogen-bond donors (Lipinski definition) is 2. The average molecular weight is 358 g/mol. The Hall–Kier alpha value is -3.27. The summed E-state index contributed by atoms with van der Waals surface area (Å²) in [5, 5.41) is 15.5. The standard InChI is InChI=1S/C16H15FN6O3/c17-12-2-1-10(19-16(24)25)7-11(12)13-9-23-15(20-13)18-8-14(21-23)22-3-5-26-6-4-22/h1-2,7-9,19H,3-6H2,(H,24,25). The van der Waals surface area contributed by atoms with Gasteiger partial charge in [-0.1, -0.05) is 0 Å². The van der Waals surface area contributed by atoms with Gasteiger partial charge < -0.3 is 14.7 Å². The van der Waals surface area contributed by atoms with Crippen LogP contribution in [0, 0.1) is 5.82 Å². The Balaban J connectivity index is 1.70. The van der Waals surface area contributed by atoms with Crippen LogP contribution < -0.4 is 10.2 Å². The number of morpholine rings is 1. The Labute approximate surface area is 147 Å². The van der Waals surface area contributed by atoms with E-state index in [-0.39, 0.29) is 11.3 Å². The number of nitrogens with zero attached hydrogens (tertiary/aromatic N) is 5. The zero-order valence-corrected chi connectivity index (χ0v) is 13.6. The van der Waals surface area contributed by atoms with Gasteiger partial charge in [0.15, 0.2) is 5.82 Å². The van der Waals surface area contributed by atoms with Gasteiger partial charge in [0.2, 0.25) is 0 Å². The van der Waals surface area contributed by atoms with Gasteiger partial charge in [0, 0.05) is 24.3 Å². The molecular weight excluding hydrogens is 343 g/mol. The van der Waals surface area contributed by atoms with Crippen LogP contribution in [0.2, 0.25) is 0 Å². The van der Waals surface area contributed by atoms with Crippen LogP contribution in [-0.2, 0) is 4.74 Å². The summed E-state index contributed by atoms with van der Waals surface area (Å²) in [6.07, 6.45) is 1.96. The maximum absolute atomic E-state index is 14.2. The summed E-state index contributed by atoms with van der Waals surface area (Å²) in [6, 6.07) is 3.91. The van der Waals surface area contributed by atoms with Crippen LogP contribution >= 0.6 is 0 Å². The number of hydrogen-bond acceptors (Lipinski definition) is 6. The summed E-state index contributed by atoms with van der Waals surface area (Å²) in [5.74, 6) is 0.497. The monoisotopic (exact) mass is 358 g/mol. The molecule has 9 nitrogen and oxygen atoms in total. The second-order valence-corrected chi connectivity index (χ2v) is 5.71. The molecule has 1 fully saturated rings. The van der Waals surface area contributed by atoms with Crippen LogP contribution in [0.4, 0.5) is 20.7 Å². The highest BCUT2D eigenvalue weighted by Crippen LogP contribution is 2.25. The molecule has 0 aliphatic carbocycles. The van der Waals surface area contributed by atoms with E-state index in [2.05, 4.69) is 20.4 Å². The topological polar surface area (TPSA) is 105 Å². The molecule has 4 rings (SSSR count). The van der Waals surface area contributed by atoms with E-state index in [0.29, 0.717) is 30.5 Å². The van der Waals surface area contributed by atoms with Crippen molar-refractivity contribution in [2.24, 2.45) is 0 Å². The SMILES string of the molecule is O=C(O)Nc1ccc(F)c(-c2cn3nc(N4CCOCC4)cnc3n2)c1. The van der Waals surface area contributed by atoms with E-state index in [9.17, 15) is 9.18 Å². The van der Waals surface area contributed by atoms with E-state index in [0.717, 1.165) is 13.1 Å². The highest BCUT2D eigenvalue weighted by atomic mass is 19.1. The zero-order chi connectivity index (χ0) is 18.1. The maximum Gasteiger partial charge on any atom is 0.409 e. The minimum Gasteiger partial charge on any atom is -0.465 e. The van der Waals surface area contributed by atoms with Crippen LogP contribution in [0.15, 0.2) is 30.6 Å². The van der Waals surface area contributed by atoms with Gasteiger partial charge >= 0.3 is 6.09 Å². The highest BCUT2D eigenvalue weighted by molar-refractivity contribution is 5.84. The summed E-state index contributed by atoms with van der Waals surface area (Å²) >= 11 is 0. The lowest BCUT2D eigenvalue weighted by Gasteiger charge is -2.27. The lowest BCUT2D eigenvalue weighted by molar-refractivity contribution is 0.122. The van der Waals surface area contributed by atoms with Gasteiger partial charge in [-0.05, 0) is 18.2 Å². The number of rotatable bonds is 3. The van der Waals surface area contributed by atoms with Crippen molar-refractivity contribution in [1.82, 2.24) is 19.6 Å². The molecule has 2 N–H and O–H groups in total. The molecule has 0 bridgehead atoms. The number of anilines is 2. The van der Waals surface area contributed by atoms with Gasteiger partial charge in [-0.3, -0.25) is 5.32 Å². The Morgan fingerprint density at radius 2 is 2.12 bits per heavy atom. The molecule has 1 amide bonds. The van der Waals surface area contributed by atoms with Gasteiger partial charge in [-0.15, -0.1) is 5.10 Å². The van der Waals surface area contributed by atoms with Crippen LogP contribution in [0.5, 0.6) is 0 Å². The molecule has 3 aromatic rings. The van der Waals surface area contributed by atoms with E-state index in [1.165, 1.54) is 22.7 Å². The van der Waals surface area contributed by atoms with E-state index < -0.39 is 11.9 Å². The minimum absolute atomic E-state index is 0.163. The Bertz CT molecular complexity index is 970. The Kier molecular flexibility index (Phi) is 4.09. The quantitative estimate of drug-likeness (QED) is 0.736. The van der Waals surface area contributed by atoms with E-state index in [4.69, 9.17) is 9.84 Å². The summed E-state index contributed by atoms with van der Waals surface area (Å²) in [7, 11) is 0. The van der Waals surface area contributed by atoms with Crippen molar-refractivity contribution < 1.29 is 19.0 Å². The number of imidazole rings is 1. The van der Waals surface area contributed by atoms with Gasteiger partial charge in [0.25, 0.3) is 5.78 Å². The second-order valence-electron chi connectivity index (χ2n) is 5.71. The number of fused-ring (bicyclic) bond motifs is 1. The summed E-state index contributed by atoms with van der Waals surface area (Å²) in [6.45, 7) is 2.70. The molecule has 26 heavy (non-hydrogen) atoms. The summed E-state index contributed by atoms with van der Waals surface area (Å²) in [4.78, 5) is 21.4. The molecule has 0 spiro atoms. The van der Waals surface area contributed by atoms with Gasteiger partial charge in [-0.2, -0.15) is 0 Å². The van der Waals surface area contributed by atoms with Crippen LogP contribution in [0.25, 0.3) is 17.0 Å². The van der Waals surface area contributed by atoms with E-state index >= 15 is 0 Å². The Morgan fingerprint density at radius 1 is 1.31 bits per heavy atom. The third-order valence-corrected chi connectivity index (χ3v) is 4.00. The number of benzene rings is 1. The van der Waals surface area contributed by atoms with Crippen molar-refractivity contribution in [3.63, 3.8) is 0 Å². The molecular formula is C16H15FN6O3. The molecule has 1 aliphatic heterocycles. The van der Waals surface area contributed by atoms with Gasteiger partial charge in [0.05, 0.1) is 31.3 Å². The number of amides is 1. The first-order valence-electron chi connectivity index (χ1n) is 7.95. The lowest BCUT2D eigenvalue weighted by atomic mass is 10.1. The lowest BCUT2D eigenvalue weighted by Crippen LogP contribution is -2.37. The van der Waals surface area contributed by atoms with Crippen molar-refractivity contribution >= 4 is 23.4 Å². The molecule has 0 radical (unpaired) electrons. The number of aromatic nitrogens is 4. The van der Waals surface area contributed by atoms with Crippen LogP contribution in [0.1, 0.15) is 0 Å².